The van der Waals surface area contributed by atoms with Crippen molar-refractivity contribution >= 4 is 0 Å². The maximum Gasteiger partial charge on any atom is 0.0153 e. The normalized spacial score (nSPS) is 39.1. The predicted molar refractivity (Wildman–Crippen MR) is 118 cm³/mol. The third kappa shape index (κ3) is 4.27. The molecule has 2 saturated carbocycles. The van der Waals surface area contributed by atoms with Crippen LogP contribution in [0.4, 0.5) is 0 Å². The van der Waals surface area contributed by atoms with Crippen molar-refractivity contribution in [1.29, 1.82) is 0 Å². The van der Waals surface area contributed by atoms with Crippen LogP contribution >= 0.6 is 0 Å². The first kappa shape index (κ1) is 21.6. The first-order chi connectivity index (χ1) is 12.7. The number of likely N-dealkylation sites (tertiary alicyclic amines) is 1. The Bertz CT molecular complexity index is 419. The van der Waals surface area contributed by atoms with Crippen LogP contribution < -0.4 is 0 Å². The zero-order valence-corrected chi connectivity index (χ0v) is 19.6. The van der Waals surface area contributed by atoms with Gasteiger partial charge in [0.25, 0.3) is 0 Å². The molecule has 0 aromatic carbocycles. The second kappa shape index (κ2) is 8.74. The van der Waals surface area contributed by atoms with Gasteiger partial charge < -0.3 is 0 Å². The molecule has 0 N–H and O–H groups in total. The SMILES string of the molecule is CC(C)[C@@H]1C2CCC(CC2)N1C(C)C.CC(C)[C@@H]1[C@H]2CC[C@H](C2)N1C(C)C. The Morgan fingerprint density at radius 3 is 1.33 bits per heavy atom. The molecule has 27 heavy (non-hydrogen) atoms. The van der Waals surface area contributed by atoms with Gasteiger partial charge in [0.1, 0.15) is 0 Å². The lowest BCUT2D eigenvalue weighted by atomic mass is 9.70. The standard InChI is InChI=1S/C13H25N.C12H23N/c1-9(2)13-11-5-7-12(8-6-11)14(13)10(3)4;1-8(2)12-10-5-6-11(7-10)13(12)9(3)4/h9-13H,5-8H2,1-4H3;8-12H,5-7H2,1-4H3/t11?,12?,13-;10-,11+,12+/m10/s1. The van der Waals surface area contributed by atoms with Gasteiger partial charge in [0.2, 0.25) is 0 Å². The summed E-state index contributed by atoms with van der Waals surface area (Å²) in [6.07, 6.45) is 10.4. The van der Waals surface area contributed by atoms with Crippen molar-refractivity contribution in [3.8, 4) is 0 Å². The smallest absolute Gasteiger partial charge is 0.0153 e. The molecule has 0 amide bonds. The summed E-state index contributed by atoms with van der Waals surface area (Å²) in [5.41, 5.74) is 0. The molecule has 5 rings (SSSR count). The van der Waals surface area contributed by atoms with E-state index in [0.29, 0.717) is 0 Å². The highest BCUT2D eigenvalue weighted by Crippen LogP contribution is 2.46. The zero-order valence-electron chi connectivity index (χ0n) is 19.6. The molecule has 2 nitrogen and oxygen atoms in total. The fraction of sp³-hybridized carbons (Fsp3) is 1.00. The summed E-state index contributed by atoms with van der Waals surface area (Å²) in [4.78, 5) is 5.61. The van der Waals surface area contributed by atoms with Crippen LogP contribution in [0.1, 0.15) is 100 Å². The maximum atomic E-state index is 2.82. The van der Waals surface area contributed by atoms with Crippen LogP contribution in [-0.4, -0.2) is 46.1 Å². The lowest BCUT2D eigenvalue weighted by Crippen LogP contribution is -2.59. The third-order valence-corrected chi connectivity index (χ3v) is 8.24. The fourth-order valence-electron chi connectivity index (χ4n) is 7.60. The molecule has 0 aromatic rings. The topological polar surface area (TPSA) is 6.48 Å². The molecule has 4 atom stereocenters. The molecule has 5 aliphatic rings. The van der Waals surface area contributed by atoms with Gasteiger partial charge in [0, 0.05) is 36.3 Å². The monoisotopic (exact) mass is 376 g/mol. The second-order valence-corrected chi connectivity index (χ2v) is 11.3. The molecule has 0 aromatic heterocycles. The van der Waals surface area contributed by atoms with Gasteiger partial charge in [-0.15, -0.1) is 0 Å². The van der Waals surface area contributed by atoms with Crippen LogP contribution in [0.25, 0.3) is 0 Å². The van der Waals surface area contributed by atoms with Crippen molar-refractivity contribution in [3.05, 3.63) is 0 Å². The van der Waals surface area contributed by atoms with Gasteiger partial charge >= 0.3 is 0 Å². The Morgan fingerprint density at radius 1 is 0.519 bits per heavy atom. The average molecular weight is 377 g/mol. The first-order valence-electron chi connectivity index (χ1n) is 12.3. The van der Waals surface area contributed by atoms with E-state index in [1.807, 2.05) is 0 Å². The highest BCUT2D eigenvalue weighted by molar-refractivity contribution is 5.01. The lowest BCUT2D eigenvalue weighted by Gasteiger charge is -2.55. The lowest BCUT2D eigenvalue weighted by molar-refractivity contribution is -0.0536. The number of piperidine rings is 3. The summed E-state index contributed by atoms with van der Waals surface area (Å²) in [6, 6.07) is 5.10. The van der Waals surface area contributed by atoms with Crippen LogP contribution in [0.5, 0.6) is 0 Å². The van der Waals surface area contributed by atoms with E-state index in [1.54, 1.807) is 0 Å². The number of rotatable bonds is 4. The highest BCUT2D eigenvalue weighted by Gasteiger charge is 2.47. The first-order valence-corrected chi connectivity index (χ1v) is 12.3. The van der Waals surface area contributed by atoms with Crippen molar-refractivity contribution in [2.75, 3.05) is 0 Å². The van der Waals surface area contributed by atoms with Crippen LogP contribution in [0, 0.1) is 23.7 Å². The Morgan fingerprint density at radius 2 is 0.926 bits per heavy atom. The molecule has 0 spiro atoms. The van der Waals surface area contributed by atoms with E-state index in [0.717, 1.165) is 59.9 Å². The molecule has 5 fully saturated rings. The van der Waals surface area contributed by atoms with E-state index in [9.17, 15) is 0 Å². The maximum absolute atomic E-state index is 2.82. The average Bonchev–Trinajstić information content (AvgIpc) is 3.23. The largest absolute Gasteiger partial charge is 0.295 e. The molecule has 158 valence electrons. The van der Waals surface area contributed by atoms with Crippen LogP contribution in [0.15, 0.2) is 0 Å². The quantitative estimate of drug-likeness (QED) is 0.576. The van der Waals surface area contributed by atoms with E-state index >= 15 is 0 Å². The van der Waals surface area contributed by atoms with E-state index in [2.05, 4.69) is 65.2 Å². The third-order valence-electron chi connectivity index (χ3n) is 8.24. The molecule has 2 heteroatoms. The molecule has 3 saturated heterocycles. The number of nitrogens with zero attached hydrogens (tertiary/aromatic N) is 2. The summed E-state index contributed by atoms with van der Waals surface area (Å²) in [6.45, 7) is 19.0. The zero-order chi connectivity index (χ0) is 19.9. The van der Waals surface area contributed by atoms with Gasteiger partial charge in [0.15, 0.2) is 0 Å². The number of hydrogen-bond donors (Lipinski definition) is 0. The van der Waals surface area contributed by atoms with Crippen molar-refractivity contribution in [2.45, 2.75) is 137 Å². The molecular formula is C25H48N2. The van der Waals surface area contributed by atoms with E-state index in [1.165, 1.54) is 44.9 Å². The molecule has 2 aliphatic carbocycles. The van der Waals surface area contributed by atoms with Gasteiger partial charge in [0.05, 0.1) is 0 Å². The summed E-state index contributed by atoms with van der Waals surface area (Å²) in [5, 5.41) is 0. The predicted octanol–water partition coefficient (Wildman–Crippen LogP) is 6.20. The summed E-state index contributed by atoms with van der Waals surface area (Å²) in [5.74, 6) is 3.71. The van der Waals surface area contributed by atoms with Crippen molar-refractivity contribution in [3.63, 3.8) is 0 Å². The number of hydrogen-bond acceptors (Lipinski definition) is 2. The van der Waals surface area contributed by atoms with Crippen LogP contribution in [0.3, 0.4) is 0 Å². The minimum atomic E-state index is 0.746. The van der Waals surface area contributed by atoms with Crippen LogP contribution in [-0.2, 0) is 0 Å². The van der Waals surface area contributed by atoms with E-state index in [-0.39, 0.29) is 0 Å². The Hall–Kier alpha value is -0.0800. The highest BCUT2D eigenvalue weighted by atomic mass is 15.3. The number of fused-ring (bicyclic) bond motifs is 5. The van der Waals surface area contributed by atoms with Crippen molar-refractivity contribution < 1.29 is 0 Å². The van der Waals surface area contributed by atoms with E-state index < -0.39 is 0 Å². The Kier molecular flexibility index (Phi) is 7.00. The molecule has 0 radical (unpaired) electrons. The van der Waals surface area contributed by atoms with Gasteiger partial charge in [-0.1, -0.05) is 27.7 Å². The second-order valence-electron chi connectivity index (χ2n) is 11.3. The molecular weight excluding hydrogens is 328 g/mol. The summed E-state index contributed by atoms with van der Waals surface area (Å²) < 4.78 is 0. The Labute approximate surface area is 170 Å². The van der Waals surface area contributed by atoms with E-state index in [4.69, 9.17) is 0 Å². The molecule has 4 bridgehead atoms. The van der Waals surface area contributed by atoms with Crippen molar-refractivity contribution in [2.24, 2.45) is 23.7 Å². The van der Waals surface area contributed by atoms with Gasteiger partial charge in [-0.25, -0.2) is 0 Å². The molecule has 0 unspecified atom stereocenters. The summed E-state index contributed by atoms with van der Waals surface area (Å²) >= 11 is 0. The van der Waals surface area contributed by atoms with Gasteiger partial charge in [-0.05, 0) is 96.3 Å². The fourth-order valence-corrected chi connectivity index (χ4v) is 7.60. The minimum absolute atomic E-state index is 0.746. The van der Waals surface area contributed by atoms with Crippen LogP contribution in [0.2, 0.25) is 0 Å². The molecule has 3 heterocycles. The van der Waals surface area contributed by atoms with Gasteiger partial charge in [-0.3, -0.25) is 9.80 Å². The Balaban J connectivity index is 0.000000156. The summed E-state index contributed by atoms with van der Waals surface area (Å²) in [7, 11) is 0. The van der Waals surface area contributed by atoms with Gasteiger partial charge in [-0.2, -0.15) is 0 Å². The minimum Gasteiger partial charge on any atom is -0.295 e. The molecule has 3 aliphatic heterocycles. The van der Waals surface area contributed by atoms with Crippen molar-refractivity contribution in [1.82, 2.24) is 9.80 Å².